The molecular weight excluding hydrogens is 200 g/mol. The first-order valence-electron chi connectivity index (χ1n) is 3.95. The largest absolute Gasteiger partial charge is 0.397 e. The Labute approximate surface area is 83.9 Å². The Balaban J connectivity index is 2.68. The normalized spacial score (nSPS) is 10.4. The molecule has 2 aromatic heterocycles. The van der Waals surface area contributed by atoms with Gasteiger partial charge in [-0.15, -0.1) is 16.4 Å². The highest BCUT2D eigenvalue weighted by Gasteiger charge is 2.15. The lowest BCUT2D eigenvalue weighted by Gasteiger charge is -1.95. The van der Waals surface area contributed by atoms with Crippen LogP contribution in [0.4, 0.5) is 5.69 Å². The second-order valence-corrected chi connectivity index (χ2v) is 3.67. The molecular formula is C8H8N4OS. The van der Waals surface area contributed by atoms with E-state index in [1.807, 2.05) is 0 Å². The van der Waals surface area contributed by atoms with Gasteiger partial charge in [-0.1, -0.05) is 0 Å². The summed E-state index contributed by atoms with van der Waals surface area (Å²) in [4.78, 5) is 12.5. The number of nitrogen functional groups attached to an aromatic ring is 1. The molecule has 2 aromatic rings. The predicted octanol–water partition coefficient (Wildman–Crippen LogP) is 0.633. The second kappa shape index (κ2) is 3.22. The van der Waals surface area contributed by atoms with Crippen molar-refractivity contribution < 1.29 is 4.79 Å². The third-order valence-corrected chi connectivity index (χ3v) is 2.96. The van der Waals surface area contributed by atoms with Crippen molar-refractivity contribution in [2.75, 3.05) is 12.8 Å². The van der Waals surface area contributed by atoms with E-state index in [0.29, 0.717) is 15.4 Å². The van der Waals surface area contributed by atoms with Gasteiger partial charge in [-0.3, -0.25) is 4.79 Å². The molecule has 0 spiro atoms. The molecule has 0 fully saturated rings. The van der Waals surface area contributed by atoms with Gasteiger partial charge in [0, 0.05) is 12.4 Å². The molecule has 2 heterocycles. The number of fused-ring (bicyclic) bond motifs is 1. The molecule has 72 valence electrons. The van der Waals surface area contributed by atoms with Crippen LogP contribution in [-0.4, -0.2) is 23.2 Å². The van der Waals surface area contributed by atoms with E-state index in [-0.39, 0.29) is 5.91 Å². The van der Waals surface area contributed by atoms with Gasteiger partial charge in [0.2, 0.25) is 0 Å². The van der Waals surface area contributed by atoms with Crippen molar-refractivity contribution in [1.29, 1.82) is 0 Å². The first-order valence-corrected chi connectivity index (χ1v) is 4.77. The van der Waals surface area contributed by atoms with Crippen LogP contribution in [0.5, 0.6) is 0 Å². The lowest BCUT2D eigenvalue weighted by Crippen LogP contribution is -2.17. The molecule has 0 unspecified atom stereocenters. The van der Waals surface area contributed by atoms with Crippen LogP contribution in [0.1, 0.15) is 9.67 Å². The van der Waals surface area contributed by atoms with Gasteiger partial charge >= 0.3 is 0 Å². The van der Waals surface area contributed by atoms with E-state index in [1.165, 1.54) is 11.3 Å². The highest BCUT2D eigenvalue weighted by molar-refractivity contribution is 7.21. The first-order chi connectivity index (χ1) is 6.74. The standard InChI is InChI=1S/C8H8N4OS/c1-10-7(13)6-5(9)4-2-3-11-12-8(4)14-6/h2-3H,9H2,1H3,(H,10,13). The van der Waals surface area contributed by atoms with Gasteiger partial charge in [0.1, 0.15) is 9.71 Å². The van der Waals surface area contributed by atoms with Crippen molar-refractivity contribution in [2.24, 2.45) is 0 Å². The van der Waals surface area contributed by atoms with E-state index in [0.717, 1.165) is 5.39 Å². The number of nitrogens with two attached hydrogens (primary N) is 1. The molecule has 0 aliphatic carbocycles. The number of nitrogens with zero attached hydrogens (tertiary/aromatic N) is 2. The van der Waals surface area contributed by atoms with E-state index < -0.39 is 0 Å². The number of aromatic nitrogens is 2. The van der Waals surface area contributed by atoms with Crippen LogP contribution >= 0.6 is 11.3 Å². The van der Waals surface area contributed by atoms with E-state index in [4.69, 9.17) is 5.73 Å². The Morgan fingerprint density at radius 2 is 2.43 bits per heavy atom. The molecule has 0 radical (unpaired) electrons. The highest BCUT2D eigenvalue weighted by atomic mass is 32.1. The monoisotopic (exact) mass is 208 g/mol. The van der Waals surface area contributed by atoms with Gasteiger partial charge in [-0.2, -0.15) is 5.10 Å². The molecule has 6 heteroatoms. The zero-order chi connectivity index (χ0) is 10.1. The Hall–Kier alpha value is -1.69. The summed E-state index contributed by atoms with van der Waals surface area (Å²) in [7, 11) is 1.57. The molecule has 2 rings (SSSR count). The summed E-state index contributed by atoms with van der Waals surface area (Å²) in [6, 6.07) is 1.75. The average Bonchev–Trinajstić information content (AvgIpc) is 2.56. The second-order valence-electron chi connectivity index (χ2n) is 2.67. The molecule has 3 N–H and O–H groups in total. The number of nitrogens with one attached hydrogen (secondary N) is 1. The first kappa shape index (κ1) is 8.89. The number of amides is 1. The van der Waals surface area contributed by atoms with Gasteiger partial charge in [-0.25, -0.2) is 0 Å². The van der Waals surface area contributed by atoms with E-state index in [2.05, 4.69) is 15.5 Å². The fraction of sp³-hybridized carbons (Fsp3) is 0.125. The Morgan fingerprint density at radius 3 is 3.07 bits per heavy atom. The summed E-state index contributed by atoms with van der Waals surface area (Å²) in [5, 5.41) is 10.9. The number of carbonyl (C=O) groups is 1. The number of hydrogen-bond acceptors (Lipinski definition) is 5. The van der Waals surface area contributed by atoms with Gasteiger partial charge in [0.25, 0.3) is 5.91 Å². The average molecular weight is 208 g/mol. The van der Waals surface area contributed by atoms with E-state index >= 15 is 0 Å². The molecule has 0 atom stereocenters. The predicted molar refractivity (Wildman–Crippen MR) is 55.2 cm³/mol. The molecule has 0 aliphatic heterocycles. The zero-order valence-corrected chi connectivity index (χ0v) is 8.26. The lowest BCUT2D eigenvalue weighted by molar-refractivity contribution is 0.0968. The molecule has 5 nitrogen and oxygen atoms in total. The zero-order valence-electron chi connectivity index (χ0n) is 7.44. The Bertz CT molecular complexity index is 493. The van der Waals surface area contributed by atoms with Crippen LogP contribution < -0.4 is 11.1 Å². The maximum atomic E-state index is 11.4. The van der Waals surface area contributed by atoms with Crippen molar-refractivity contribution in [2.45, 2.75) is 0 Å². The summed E-state index contributed by atoms with van der Waals surface area (Å²) in [6.45, 7) is 0. The van der Waals surface area contributed by atoms with Crippen LogP contribution in [0.25, 0.3) is 10.2 Å². The number of hydrogen-bond donors (Lipinski definition) is 2. The molecule has 0 aliphatic rings. The minimum Gasteiger partial charge on any atom is -0.397 e. The lowest BCUT2D eigenvalue weighted by atomic mass is 10.3. The highest BCUT2D eigenvalue weighted by Crippen LogP contribution is 2.31. The van der Waals surface area contributed by atoms with Crippen LogP contribution in [0.15, 0.2) is 12.3 Å². The van der Waals surface area contributed by atoms with Gasteiger partial charge in [-0.05, 0) is 6.07 Å². The van der Waals surface area contributed by atoms with Crippen LogP contribution in [0.3, 0.4) is 0 Å². The molecule has 0 bridgehead atoms. The molecule has 1 amide bonds. The fourth-order valence-electron chi connectivity index (χ4n) is 1.16. The summed E-state index contributed by atoms with van der Waals surface area (Å²) in [5.41, 5.74) is 6.27. The number of thiophene rings is 1. The van der Waals surface area contributed by atoms with Crippen molar-refractivity contribution in [3.63, 3.8) is 0 Å². The maximum absolute atomic E-state index is 11.4. The van der Waals surface area contributed by atoms with Crippen LogP contribution in [-0.2, 0) is 0 Å². The summed E-state index contributed by atoms with van der Waals surface area (Å²) in [5.74, 6) is -0.189. The van der Waals surface area contributed by atoms with Crippen molar-refractivity contribution >= 4 is 33.1 Å². The Morgan fingerprint density at radius 1 is 1.64 bits per heavy atom. The van der Waals surface area contributed by atoms with Crippen LogP contribution in [0, 0.1) is 0 Å². The molecule has 0 aromatic carbocycles. The maximum Gasteiger partial charge on any atom is 0.263 e. The number of carbonyl (C=O) groups excluding carboxylic acids is 1. The molecule has 0 saturated heterocycles. The third-order valence-electron chi connectivity index (χ3n) is 1.85. The van der Waals surface area contributed by atoms with Gasteiger partial charge < -0.3 is 11.1 Å². The fourth-order valence-corrected chi connectivity index (χ4v) is 2.14. The number of rotatable bonds is 1. The minimum atomic E-state index is -0.189. The molecule has 0 saturated carbocycles. The number of anilines is 1. The van der Waals surface area contributed by atoms with Gasteiger partial charge in [0.05, 0.1) is 11.9 Å². The van der Waals surface area contributed by atoms with Crippen molar-refractivity contribution in [3.05, 3.63) is 17.1 Å². The SMILES string of the molecule is CNC(=O)c1sc2nnccc2c1N. The third kappa shape index (κ3) is 1.20. The minimum absolute atomic E-state index is 0.189. The smallest absolute Gasteiger partial charge is 0.263 e. The summed E-state index contributed by atoms with van der Waals surface area (Å²) < 4.78 is 0. The quantitative estimate of drug-likeness (QED) is 0.720. The van der Waals surface area contributed by atoms with Gasteiger partial charge in [0.15, 0.2) is 0 Å². The summed E-state index contributed by atoms with van der Waals surface area (Å²) >= 11 is 1.25. The van der Waals surface area contributed by atoms with E-state index in [9.17, 15) is 4.79 Å². The topological polar surface area (TPSA) is 80.9 Å². The van der Waals surface area contributed by atoms with Crippen molar-refractivity contribution in [3.8, 4) is 0 Å². The van der Waals surface area contributed by atoms with E-state index in [1.54, 1.807) is 19.3 Å². The van der Waals surface area contributed by atoms with Crippen LogP contribution in [0.2, 0.25) is 0 Å². The Kier molecular flexibility index (Phi) is 2.05. The van der Waals surface area contributed by atoms with Crippen molar-refractivity contribution in [1.82, 2.24) is 15.5 Å². The molecule has 14 heavy (non-hydrogen) atoms. The summed E-state index contributed by atoms with van der Waals surface area (Å²) in [6.07, 6.45) is 1.55.